The van der Waals surface area contributed by atoms with Crippen molar-refractivity contribution >= 4 is 6.72 Å². The first-order chi connectivity index (χ1) is 8.72. The molecule has 1 aliphatic heterocycles. The first-order valence-corrected chi connectivity index (χ1v) is 6.06. The molecule has 0 N–H and O–H groups in total. The Bertz CT molecular complexity index is 266. The minimum Gasteiger partial charge on any atom is -0.360 e. The molecule has 1 unspecified atom stereocenters. The van der Waals surface area contributed by atoms with E-state index in [1.165, 1.54) is 0 Å². The molecule has 0 aromatic carbocycles. The molecule has 1 saturated heterocycles. The van der Waals surface area contributed by atoms with Crippen molar-refractivity contribution < 1.29 is 23.1 Å². The summed E-state index contributed by atoms with van der Waals surface area (Å²) in [5, 5.41) is 3.27. The average Bonchev–Trinajstić information content (AvgIpc) is 2.37. The van der Waals surface area contributed by atoms with Gasteiger partial charge < -0.3 is 14.3 Å². The Kier molecular flexibility index (Phi) is 7.52. The van der Waals surface area contributed by atoms with Gasteiger partial charge in [0, 0.05) is 19.7 Å². The minimum atomic E-state index is -2.32. The van der Waals surface area contributed by atoms with E-state index in [9.17, 15) is 8.78 Å². The molecule has 1 aliphatic rings. The van der Waals surface area contributed by atoms with Gasteiger partial charge in [-0.25, -0.2) is 8.78 Å². The fraction of sp³-hybridized carbons (Fsp3) is 0.750. The summed E-state index contributed by atoms with van der Waals surface area (Å²) in [7, 11) is 0. The number of ether oxygens (including phenoxy) is 2. The fourth-order valence-electron chi connectivity index (χ4n) is 1.59. The van der Waals surface area contributed by atoms with Crippen molar-refractivity contribution in [2.75, 3.05) is 13.2 Å². The van der Waals surface area contributed by atoms with Crippen molar-refractivity contribution in [1.29, 1.82) is 0 Å². The van der Waals surface area contributed by atoms with Crippen LogP contribution in [0.4, 0.5) is 8.78 Å². The van der Waals surface area contributed by atoms with Crippen molar-refractivity contribution in [3.63, 3.8) is 0 Å². The van der Waals surface area contributed by atoms with Gasteiger partial charge >= 0.3 is 0 Å². The SMILES string of the molecule is C=NO/C(=C\CCC(F)F)COC1CCCCO1. The second-order valence-electron chi connectivity index (χ2n) is 3.97. The van der Waals surface area contributed by atoms with Crippen LogP contribution in [0.5, 0.6) is 0 Å². The van der Waals surface area contributed by atoms with Gasteiger partial charge in [0.2, 0.25) is 6.43 Å². The standard InChI is InChI=1S/C12H19F2NO3/c1-15-18-10(5-4-6-11(13)14)9-17-12-7-2-3-8-16-12/h5,11-12H,1-4,6-9H2/b10-5-. The zero-order chi connectivity index (χ0) is 13.2. The lowest BCUT2D eigenvalue weighted by molar-refractivity contribution is -0.161. The van der Waals surface area contributed by atoms with E-state index in [1.807, 2.05) is 0 Å². The third kappa shape index (κ3) is 6.66. The smallest absolute Gasteiger partial charge is 0.238 e. The molecule has 4 nitrogen and oxygen atoms in total. The van der Waals surface area contributed by atoms with Gasteiger partial charge in [-0.2, -0.15) is 0 Å². The maximum atomic E-state index is 12.0. The summed E-state index contributed by atoms with van der Waals surface area (Å²) < 4.78 is 34.8. The molecule has 0 spiro atoms. The Labute approximate surface area is 106 Å². The number of nitrogens with zero attached hydrogens (tertiary/aromatic N) is 1. The number of hydrogen-bond acceptors (Lipinski definition) is 4. The maximum Gasteiger partial charge on any atom is 0.238 e. The summed E-state index contributed by atoms with van der Waals surface area (Å²) in [5.41, 5.74) is 0. The van der Waals surface area contributed by atoms with Gasteiger partial charge in [0.05, 0.1) is 0 Å². The number of hydrogen-bond donors (Lipinski definition) is 0. The summed E-state index contributed by atoms with van der Waals surface area (Å²) in [6, 6.07) is 0. The van der Waals surface area contributed by atoms with Crippen LogP contribution < -0.4 is 0 Å². The highest BCUT2D eigenvalue weighted by atomic mass is 19.3. The lowest BCUT2D eigenvalue weighted by Gasteiger charge is -2.22. The van der Waals surface area contributed by atoms with Crippen molar-refractivity contribution in [3.8, 4) is 0 Å². The number of allylic oxidation sites excluding steroid dienone is 1. The van der Waals surface area contributed by atoms with Gasteiger partial charge in [0.25, 0.3) is 0 Å². The zero-order valence-corrected chi connectivity index (χ0v) is 10.3. The lowest BCUT2D eigenvalue weighted by atomic mass is 10.2. The van der Waals surface area contributed by atoms with Crippen LogP contribution >= 0.6 is 0 Å². The van der Waals surface area contributed by atoms with Gasteiger partial charge in [-0.15, -0.1) is 0 Å². The van der Waals surface area contributed by atoms with E-state index in [-0.39, 0.29) is 25.7 Å². The van der Waals surface area contributed by atoms with E-state index in [2.05, 4.69) is 11.9 Å². The largest absolute Gasteiger partial charge is 0.360 e. The summed E-state index contributed by atoms with van der Waals surface area (Å²) in [4.78, 5) is 4.86. The summed E-state index contributed by atoms with van der Waals surface area (Å²) >= 11 is 0. The summed E-state index contributed by atoms with van der Waals surface area (Å²) in [6.07, 6.45) is 1.95. The summed E-state index contributed by atoms with van der Waals surface area (Å²) in [6.45, 7) is 4.04. The van der Waals surface area contributed by atoms with E-state index < -0.39 is 6.43 Å². The molecule has 0 aliphatic carbocycles. The topological polar surface area (TPSA) is 40.0 Å². The molecule has 104 valence electrons. The minimum absolute atomic E-state index is 0.160. The van der Waals surface area contributed by atoms with Crippen LogP contribution in [0.2, 0.25) is 0 Å². The quantitative estimate of drug-likeness (QED) is 0.384. The molecule has 1 heterocycles. The second kappa shape index (κ2) is 8.99. The molecule has 1 rings (SSSR count). The Morgan fingerprint density at radius 2 is 2.33 bits per heavy atom. The van der Waals surface area contributed by atoms with Crippen molar-refractivity contribution in [2.45, 2.75) is 44.8 Å². The predicted octanol–water partition coefficient (Wildman–Crippen LogP) is 3.09. The number of oxime groups is 1. The van der Waals surface area contributed by atoms with E-state index in [0.717, 1.165) is 19.3 Å². The Morgan fingerprint density at radius 3 is 2.94 bits per heavy atom. The first-order valence-electron chi connectivity index (χ1n) is 6.06. The van der Waals surface area contributed by atoms with Crippen LogP contribution in [0.25, 0.3) is 0 Å². The first kappa shape index (κ1) is 15.0. The number of rotatable bonds is 8. The third-order valence-corrected chi connectivity index (χ3v) is 2.49. The van der Waals surface area contributed by atoms with Crippen LogP contribution in [0.3, 0.4) is 0 Å². The van der Waals surface area contributed by atoms with E-state index in [0.29, 0.717) is 12.4 Å². The van der Waals surface area contributed by atoms with Gasteiger partial charge in [0.15, 0.2) is 12.0 Å². The molecule has 0 aromatic rings. The highest BCUT2D eigenvalue weighted by Gasteiger charge is 2.15. The van der Waals surface area contributed by atoms with Crippen LogP contribution in [0, 0.1) is 0 Å². The van der Waals surface area contributed by atoms with E-state index in [1.54, 1.807) is 6.08 Å². The highest BCUT2D eigenvalue weighted by molar-refractivity contribution is 5.21. The number of alkyl halides is 2. The Balaban J connectivity index is 2.29. The van der Waals surface area contributed by atoms with Gasteiger partial charge in [0.1, 0.15) is 6.61 Å². The highest BCUT2D eigenvalue weighted by Crippen LogP contribution is 2.15. The maximum absolute atomic E-state index is 12.0. The lowest BCUT2D eigenvalue weighted by Crippen LogP contribution is -2.23. The number of halogens is 2. The van der Waals surface area contributed by atoms with Gasteiger partial charge in [-0.05, 0) is 31.8 Å². The van der Waals surface area contributed by atoms with Crippen molar-refractivity contribution in [3.05, 3.63) is 11.8 Å². The molecule has 0 radical (unpaired) electrons. The van der Waals surface area contributed by atoms with Crippen molar-refractivity contribution in [2.24, 2.45) is 5.16 Å². The molecule has 0 amide bonds. The molecule has 0 bridgehead atoms. The zero-order valence-electron chi connectivity index (χ0n) is 10.3. The molecule has 6 heteroatoms. The molecule has 0 aromatic heterocycles. The molecule has 0 saturated carbocycles. The van der Waals surface area contributed by atoms with Crippen LogP contribution in [0.15, 0.2) is 17.0 Å². The Hall–Kier alpha value is -1.01. The fourth-order valence-corrected chi connectivity index (χ4v) is 1.59. The third-order valence-electron chi connectivity index (χ3n) is 2.49. The average molecular weight is 263 g/mol. The molecule has 1 atom stereocenters. The van der Waals surface area contributed by atoms with Gasteiger partial charge in [-0.1, -0.05) is 5.16 Å². The van der Waals surface area contributed by atoms with Crippen LogP contribution in [-0.2, 0) is 14.3 Å². The molecular weight excluding hydrogens is 244 g/mol. The van der Waals surface area contributed by atoms with Gasteiger partial charge in [-0.3, -0.25) is 0 Å². The van der Waals surface area contributed by atoms with E-state index >= 15 is 0 Å². The van der Waals surface area contributed by atoms with Crippen molar-refractivity contribution in [1.82, 2.24) is 0 Å². The normalized spacial score (nSPS) is 21.1. The predicted molar refractivity (Wildman–Crippen MR) is 63.5 cm³/mol. The second-order valence-corrected chi connectivity index (χ2v) is 3.97. The molecular formula is C12H19F2NO3. The van der Waals surface area contributed by atoms with E-state index in [4.69, 9.17) is 14.3 Å². The molecule has 1 fully saturated rings. The molecule has 18 heavy (non-hydrogen) atoms. The summed E-state index contributed by atoms with van der Waals surface area (Å²) in [5.74, 6) is 0.389. The monoisotopic (exact) mass is 263 g/mol. The Morgan fingerprint density at radius 1 is 1.50 bits per heavy atom. The van der Waals surface area contributed by atoms with Crippen LogP contribution in [0.1, 0.15) is 32.1 Å². The van der Waals surface area contributed by atoms with Crippen LogP contribution in [-0.4, -0.2) is 32.6 Å².